The summed E-state index contributed by atoms with van der Waals surface area (Å²) in [6.45, 7) is 6.53. The van der Waals surface area contributed by atoms with Crippen molar-refractivity contribution in [2.45, 2.75) is 45.9 Å². The van der Waals surface area contributed by atoms with Gasteiger partial charge in [0.1, 0.15) is 0 Å². The van der Waals surface area contributed by atoms with Crippen LogP contribution in [0.4, 0.5) is 0 Å². The van der Waals surface area contributed by atoms with Crippen LogP contribution in [0.3, 0.4) is 0 Å². The third-order valence-corrected chi connectivity index (χ3v) is 5.41. The average Bonchev–Trinajstić information content (AvgIpc) is 2.82. The second-order valence-corrected chi connectivity index (χ2v) is 8.04. The molecule has 0 radical (unpaired) electrons. The number of allylic oxidation sites excluding steroid dienone is 2. The normalized spacial score (nSPS) is 13.2. The average molecular weight is 430 g/mol. The number of hydrogen-bond donors (Lipinski definition) is 1. The highest BCUT2D eigenvalue weighted by molar-refractivity contribution is 5.83. The summed E-state index contributed by atoms with van der Waals surface area (Å²) in [4.78, 5) is 0. The molecule has 168 valence electrons. The second kappa shape index (κ2) is 13.0. The van der Waals surface area contributed by atoms with Crippen molar-refractivity contribution in [3.63, 3.8) is 0 Å². The van der Waals surface area contributed by atoms with Crippen LogP contribution in [0.1, 0.15) is 37.0 Å². The maximum atomic E-state index is 6.30. The van der Waals surface area contributed by atoms with E-state index in [4.69, 9.17) is 15.2 Å². The largest absolute Gasteiger partial charge is 0.376 e. The minimum Gasteiger partial charge on any atom is -0.376 e. The van der Waals surface area contributed by atoms with E-state index in [9.17, 15) is 0 Å². The van der Waals surface area contributed by atoms with Crippen molar-refractivity contribution >= 4 is 10.8 Å². The summed E-state index contributed by atoms with van der Waals surface area (Å²) < 4.78 is 11.8. The molecular weight excluding hydrogens is 394 g/mol. The van der Waals surface area contributed by atoms with Gasteiger partial charge in [-0.3, -0.25) is 0 Å². The lowest BCUT2D eigenvalue weighted by molar-refractivity contribution is 0.115. The molecule has 0 aliphatic rings. The number of benzene rings is 3. The molecule has 0 amide bonds. The topological polar surface area (TPSA) is 44.5 Å². The van der Waals surface area contributed by atoms with E-state index in [0.29, 0.717) is 19.8 Å². The third kappa shape index (κ3) is 7.45. The molecule has 0 aromatic heterocycles. The van der Waals surface area contributed by atoms with Gasteiger partial charge in [-0.05, 0) is 64.9 Å². The van der Waals surface area contributed by atoms with Gasteiger partial charge in [-0.15, -0.1) is 0 Å². The second-order valence-electron chi connectivity index (χ2n) is 8.04. The minimum atomic E-state index is -0.105. The Labute approximate surface area is 192 Å². The Morgan fingerprint density at radius 1 is 0.875 bits per heavy atom. The van der Waals surface area contributed by atoms with Crippen LogP contribution in [0.2, 0.25) is 0 Å². The molecule has 0 saturated carbocycles. The van der Waals surface area contributed by atoms with Crippen LogP contribution in [-0.4, -0.2) is 19.3 Å². The Morgan fingerprint density at radius 2 is 1.56 bits per heavy atom. The van der Waals surface area contributed by atoms with Gasteiger partial charge in [0.15, 0.2) is 0 Å². The Bertz CT molecular complexity index is 1020. The minimum absolute atomic E-state index is 0.105. The summed E-state index contributed by atoms with van der Waals surface area (Å²) in [5.41, 5.74) is 11.1. The standard InChI is InChI=1S/C29H35NO2/c1-3-8-27(9-4-2)29(30)22-32-21-25-13-15-26-14-12-24(18-28(26)19-25)20-31-17-16-23-10-6-5-7-11-23/h3,5-15,18-19,29H,4,16-17,20-22,30H2,1-2H3/b8-3-,27-9+. The van der Waals surface area contributed by atoms with Gasteiger partial charge in [-0.2, -0.15) is 0 Å². The highest BCUT2D eigenvalue weighted by Gasteiger charge is 2.07. The molecule has 1 unspecified atom stereocenters. The van der Waals surface area contributed by atoms with Crippen molar-refractivity contribution in [1.82, 2.24) is 0 Å². The van der Waals surface area contributed by atoms with E-state index in [1.165, 1.54) is 21.9 Å². The van der Waals surface area contributed by atoms with E-state index in [2.05, 4.69) is 79.7 Å². The van der Waals surface area contributed by atoms with Crippen LogP contribution in [0.25, 0.3) is 10.8 Å². The van der Waals surface area contributed by atoms with Crippen LogP contribution < -0.4 is 5.73 Å². The molecule has 2 N–H and O–H groups in total. The van der Waals surface area contributed by atoms with Gasteiger partial charge in [-0.25, -0.2) is 0 Å². The quantitative estimate of drug-likeness (QED) is 0.269. The monoisotopic (exact) mass is 429 g/mol. The van der Waals surface area contributed by atoms with Crippen molar-refractivity contribution < 1.29 is 9.47 Å². The summed E-state index contributed by atoms with van der Waals surface area (Å²) in [7, 11) is 0. The van der Waals surface area contributed by atoms with Crippen LogP contribution in [0.15, 0.2) is 90.5 Å². The molecule has 0 aliphatic heterocycles. The molecule has 1 atom stereocenters. The summed E-state index contributed by atoms with van der Waals surface area (Å²) in [6, 6.07) is 23.3. The highest BCUT2D eigenvalue weighted by Crippen LogP contribution is 2.19. The first-order valence-corrected chi connectivity index (χ1v) is 11.5. The molecule has 3 aromatic rings. The Kier molecular flexibility index (Phi) is 9.70. The number of hydrogen-bond acceptors (Lipinski definition) is 3. The van der Waals surface area contributed by atoms with Gasteiger partial charge < -0.3 is 15.2 Å². The van der Waals surface area contributed by atoms with Crippen LogP contribution in [-0.2, 0) is 29.1 Å². The zero-order valence-corrected chi connectivity index (χ0v) is 19.3. The highest BCUT2D eigenvalue weighted by atomic mass is 16.5. The molecule has 0 saturated heterocycles. The molecule has 32 heavy (non-hydrogen) atoms. The Hall–Kier alpha value is -2.72. The smallest absolute Gasteiger partial charge is 0.0718 e. The maximum absolute atomic E-state index is 6.30. The van der Waals surface area contributed by atoms with Gasteiger partial charge in [0.25, 0.3) is 0 Å². The first kappa shape index (κ1) is 23.9. The number of ether oxygens (including phenoxy) is 2. The summed E-state index contributed by atoms with van der Waals surface area (Å²) in [5, 5.41) is 2.43. The van der Waals surface area contributed by atoms with Crippen LogP contribution >= 0.6 is 0 Å². The zero-order valence-electron chi connectivity index (χ0n) is 19.3. The fraction of sp³-hybridized carbons (Fsp3) is 0.310. The van der Waals surface area contributed by atoms with E-state index in [1.54, 1.807) is 0 Å². The Morgan fingerprint density at radius 3 is 2.22 bits per heavy atom. The number of fused-ring (bicyclic) bond motifs is 1. The zero-order chi connectivity index (χ0) is 22.6. The fourth-order valence-electron chi connectivity index (χ4n) is 3.72. The van der Waals surface area contributed by atoms with Gasteiger partial charge in [0.2, 0.25) is 0 Å². The molecule has 3 heteroatoms. The van der Waals surface area contributed by atoms with Crippen molar-refractivity contribution in [3.05, 3.63) is 107 Å². The predicted molar refractivity (Wildman–Crippen MR) is 135 cm³/mol. The molecule has 3 nitrogen and oxygen atoms in total. The predicted octanol–water partition coefficient (Wildman–Crippen LogP) is 6.36. The van der Waals surface area contributed by atoms with Crippen molar-refractivity contribution in [2.24, 2.45) is 5.73 Å². The van der Waals surface area contributed by atoms with E-state index < -0.39 is 0 Å². The summed E-state index contributed by atoms with van der Waals surface area (Å²) in [5.74, 6) is 0. The van der Waals surface area contributed by atoms with Crippen LogP contribution in [0.5, 0.6) is 0 Å². The summed E-state index contributed by atoms with van der Waals surface area (Å²) >= 11 is 0. The van der Waals surface area contributed by atoms with Gasteiger partial charge in [0.05, 0.1) is 32.5 Å². The molecule has 0 heterocycles. The summed E-state index contributed by atoms with van der Waals surface area (Å²) in [6.07, 6.45) is 8.15. The first-order chi connectivity index (χ1) is 15.7. The molecule has 3 aromatic carbocycles. The third-order valence-electron chi connectivity index (χ3n) is 5.41. The molecule has 3 rings (SSSR count). The van der Waals surface area contributed by atoms with E-state index in [-0.39, 0.29) is 6.04 Å². The lowest BCUT2D eigenvalue weighted by Gasteiger charge is -2.14. The van der Waals surface area contributed by atoms with Gasteiger partial charge in [0, 0.05) is 0 Å². The van der Waals surface area contributed by atoms with Crippen molar-refractivity contribution in [2.75, 3.05) is 13.2 Å². The van der Waals surface area contributed by atoms with Crippen molar-refractivity contribution in [1.29, 1.82) is 0 Å². The molecule has 0 fully saturated rings. The van der Waals surface area contributed by atoms with E-state index in [0.717, 1.165) is 30.6 Å². The fourth-order valence-corrected chi connectivity index (χ4v) is 3.72. The molecule has 0 aliphatic carbocycles. The van der Waals surface area contributed by atoms with E-state index in [1.807, 2.05) is 19.1 Å². The molecule has 0 bridgehead atoms. The molecule has 0 spiro atoms. The van der Waals surface area contributed by atoms with Gasteiger partial charge >= 0.3 is 0 Å². The first-order valence-electron chi connectivity index (χ1n) is 11.5. The Balaban J connectivity index is 1.52. The van der Waals surface area contributed by atoms with Crippen LogP contribution in [0, 0.1) is 0 Å². The van der Waals surface area contributed by atoms with Gasteiger partial charge in [-0.1, -0.05) is 79.7 Å². The molecular formula is C29H35NO2. The number of rotatable bonds is 12. The SMILES string of the molecule is C/C=C\C(=C/CC)C(N)COCc1ccc2ccc(COCCc3ccccc3)cc2c1. The van der Waals surface area contributed by atoms with Crippen molar-refractivity contribution in [3.8, 4) is 0 Å². The number of nitrogens with two attached hydrogens (primary N) is 1. The lowest BCUT2D eigenvalue weighted by atomic mass is 10.0. The maximum Gasteiger partial charge on any atom is 0.0718 e. The van der Waals surface area contributed by atoms with E-state index >= 15 is 0 Å². The lowest BCUT2D eigenvalue weighted by Crippen LogP contribution is -2.27.